The van der Waals surface area contributed by atoms with Crippen LogP contribution >= 0.6 is 24.0 Å². The lowest BCUT2D eigenvalue weighted by Gasteiger charge is -2.22. The predicted octanol–water partition coefficient (Wildman–Crippen LogP) is 6.00. The Hall–Kier alpha value is -4.09. The molecule has 0 bridgehead atoms. The second kappa shape index (κ2) is 12.0. The van der Waals surface area contributed by atoms with Gasteiger partial charge in [-0.2, -0.15) is 4.68 Å². The Morgan fingerprint density at radius 3 is 2.52 bits per heavy atom. The first kappa shape index (κ1) is 28.9. The monoisotopic (exact) mass is 586 g/mol. The summed E-state index contributed by atoms with van der Waals surface area (Å²) in [6.45, 7) is 1.35. The molecule has 0 fully saturated rings. The largest absolute Gasteiger partial charge is 0.493 e. The molecule has 210 valence electrons. The van der Waals surface area contributed by atoms with Crippen molar-refractivity contribution in [3.8, 4) is 11.5 Å². The number of fused-ring (bicyclic) bond motifs is 2. The third-order valence-electron chi connectivity index (χ3n) is 6.78. The number of carbonyl (C=O) groups excluding carboxylic acids is 1. The van der Waals surface area contributed by atoms with Gasteiger partial charge in [0.25, 0.3) is 0 Å². The van der Waals surface area contributed by atoms with Crippen molar-refractivity contribution in [3.05, 3.63) is 68.5 Å². The summed E-state index contributed by atoms with van der Waals surface area (Å²) in [4.78, 5) is 28.2. The van der Waals surface area contributed by atoms with E-state index in [2.05, 4.69) is 15.7 Å². The number of nitro groups is 1. The van der Waals surface area contributed by atoms with Gasteiger partial charge in [-0.1, -0.05) is 11.6 Å². The number of nitrogens with one attached hydrogen (secondary N) is 2. The molecule has 0 unspecified atom stereocenters. The molecule has 1 aliphatic carbocycles. The van der Waals surface area contributed by atoms with Crippen LogP contribution in [0.2, 0.25) is 5.02 Å². The maximum absolute atomic E-state index is 12.9. The molecular weight excluding hydrogens is 559 g/mol. The molecule has 0 spiro atoms. The van der Waals surface area contributed by atoms with Gasteiger partial charge in [0.05, 0.1) is 36.2 Å². The van der Waals surface area contributed by atoms with E-state index in [4.69, 9.17) is 26.1 Å². The number of carbonyl (C=O) groups is 1. The lowest BCUT2D eigenvalue weighted by Crippen LogP contribution is -2.20. The minimum absolute atomic E-state index is 0. The molecule has 0 radical (unpaired) electrons. The smallest absolute Gasteiger partial charge is 0.408 e. The van der Waals surface area contributed by atoms with Crippen LogP contribution in [0.25, 0.3) is 10.9 Å². The van der Waals surface area contributed by atoms with Crippen molar-refractivity contribution in [3.63, 3.8) is 0 Å². The number of anilines is 3. The molecule has 2 N–H and O–H groups in total. The van der Waals surface area contributed by atoms with Crippen LogP contribution in [0.15, 0.2) is 36.4 Å². The molecular formula is C27H28Cl2N6O5. The van der Waals surface area contributed by atoms with Gasteiger partial charge in [-0.3, -0.25) is 9.78 Å². The zero-order chi connectivity index (χ0) is 27.7. The molecule has 0 atom stereocenters. The third-order valence-corrected chi connectivity index (χ3v) is 7.22. The SMILES string of the molecule is COc1ccc(Nc2c3c(nc4ccc(NC(=O)Cn5nc([N+](=O)[O-])c(Cl)c5C)cc24)CCCC3)cc1OC.Cl. The van der Waals surface area contributed by atoms with Gasteiger partial charge in [0.2, 0.25) is 5.91 Å². The van der Waals surface area contributed by atoms with Crippen LogP contribution in [-0.2, 0) is 24.2 Å². The lowest BCUT2D eigenvalue weighted by atomic mass is 9.92. The fraction of sp³-hybridized carbons (Fsp3) is 0.296. The summed E-state index contributed by atoms with van der Waals surface area (Å²) in [7, 11) is 3.19. The molecule has 4 aromatic rings. The van der Waals surface area contributed by atoms with Gasteiger partial charge in [0, 0.05) is 28.5 Å². The molecule has 13 heteroatoms. The highest BCUT2D eigenvalue weighted by Gasteiger charge is 2.25. The van der Waals surface area contributed by atoms with Crippen molar-refractivity contribution in [1.82, 2.24) is 14.8 Å². The first-order valence-corrected chi connectivity index (χ1v) is 12.8. The van der Waals surface area contributed by atoms with Crippen molar-refractivity contribution in [2.45, 2.75) is 39.2 Å². The molecule has 1 amide bonds. The van der Waals surface area contributed by atoms with Crippen LogP contribution in [0, 0.1) is 17.0 Å². The standard InChI is InChI=1S/C27H27ClN6O5.ClH/c1-15-25(28)27(34(36)37)32-33(15)14-24(35)29-16-8-10-21-19(12-16)26(18-6-4-5-7-20(18)31-21)30-17-9-11-22(38-2)23(13-17)39-3;/h8-13H,4-7,14H2,1-3H3,(H,29,35)(H,30,31);1H. The van der Waals surface area contributed by atoms with E-state index in [0.29, 0.717) is 22.9 Å². The van der Waals surface area contributed by atoms with Gasteiger partial charge in [-0.15, -0.1) is 12.4 Å². The van der Waals surface area contributed by atoms with Crippen LogP contribution in [-0.4, -0.2) is 39.8 Å². The average molecular weight is 587 g/mol. The highest BCUT2D eigenvalue weighted by molar-refractivity contribution is 6.33. The number of methoxy groups -OCH3 is 2. The van der Waals surface area contributed by atoms with Crippen molar-refractivity contribution >= 4 is 63.7 Å². The second-order valence-electron chi connectivity index (χ2n) is 9.23. The Kier molecular flexibility index (Phi) is 8.65. The van der Waals surface area contributed by atoms with Crippen molar-refractivity contribution in [2.24, 2.45) is 0 Å². The van der Waals surface area contributed by atoms with Gasteiger partial charge in [-0.05, 0) is 73.4 Å². The Labute approximate surface area is 241 Å². The third kappa shape index (κ3) is 5.61. The molecule has 0 aliphatic heterocycles. The van der Waals surface area contributed by atoms with Crippen molar-refractivity contribution < 1.29 is 19.2 Å². The van der Waals surface area contributed by atoms with Gasteiger partial charge in [-0.25, -0.2) is 0 Å². The minimum atomic E-state index is -0.673. The Morgan fingerprint density at radius 1 is 1.10 bits per heavy atom. The number of aryl methyl sites for hydroxylation is 1. The zero-order valence-electron chi connectivity index (χ0n) is 22.1. The summed E-state index contributed by atoms with van der Waals surface area (Å²) >= 11 is 6.01. The van der Waals surface area contributed by atoms with Gasteiger partial charge in [0.15, 0.2) is 16.5 Å². The number of ether oxygens (including phenoxy) is 2. The second-order valence-corrected chi connectivity index (χ2v) is 9.61. The maximum atomic E-state index is 12.9. The molecule has 0 saturated carbocycles. The normalized spacial score (nSPS) is 12.3. The molecule has 1 aliphatic rings. The number of amides is 1. The average Bonchev–Trinajstić information content (AvgIpc) is 3.21. The summed E-state index contributed by atoms with van der Waals surface area (Å²) in [5, 5.41) is 22.2. The van der Waals surface area contributed by atoms with E-state index in [-0.39, 0.29) is 24.0 Å². The van der Waals surface area contributed by atoms with Crippen LogP contribution in [0.4, 0.5) is 22.9 Å². The van der Waals surface area contributed by atoms with Gasteiger partial charge < -0.3 is 30.2 Å². The van der Waals surface area contributed by atoms with E-state index >= 15 is 0 Å². The van der Waals surface area contributed by atoms with E-state index in [9.17, 15) is 14.9 Å². The minimum Gasteiger partial charge on any atom is -0.493 e. The molecule has 2 aromatic carbocycles. The fourth-order valence-electron chi connectivity index (χ4n) is 4.82. The van der Waals surface area contributed by atoms with Crippen molar-refractivity contribution in [2.75, 3.05) is 24.9 Å². The molecule has 2 heterocycles. The van der Waals surface area contributed by atoms with Crippen LogP contribution < -0.4 is 20.1 Å². The van der Waals surface area contributed by atoms with Crippen LogP contribution in [0.3, 0.4) is 0 Å². The number of hydrogen-bond acceptors (Lipinski definition) is 8. The first-order valence-electron chi connectivity index (χ1n) is 12.4. The summed E-state index contributed by atoms with van der Waals surface area (Å²) in [5.41, 5.74) is 5.70. The lowest BCUT2D eigenvalue weighted by molar-refractivity contribution is -0.389. The van der Waals surface area contributed by atoms with E-state index in [1.807, 2.05) is 30.3 Å². The van der Waals surface area contributed by atoms with Gasteiger partial charge in [0.1, 0.15) is 6.54 Å². The summed E-state index contributed by atoms with van der Waals surface area (Å²) in [6, 6.07) is 11.2. The topological polar surface area (TPSA) is 133 Å². The first-order chi connectivity index (χ1) is 18.8. The van der Waals surface area contributed by atoms with E-state index in [1.165, 1.54) is 4.68 Å². The number of halogens is 2. The zero-order valence-corrected chi connectivity index (χ0v) is 23.7. The van der Waals surface area contributed by atoms with E-state index in [0.717, 1.165) is 59.2 Å². The molecule has 0 saturated heterocycles. The van der Waals surface area contributed by atoms with Crippen LogP contribution in [0.1, 0.15) is 29.8 Å². The summed E-state index contributed by atoms with van der Waals surface area (Å²) in [6.07, 6.45) is 3.95. The van der Waals surface area contributed by atoms with Crippen LogP contribution in [0.5, 0.6) is 11.5 Å². The van der Waals surface area contributed by atoms with Crippen molar-refractivity contribution in [1.29, 1.82) is 0 Å². The number of nitrogens with zero attached hydrogens (tertiary/aromatic N) is 4. The Morgan fingerprint density at radius 2 is 1.82 bits per heavy atom. The molecule has 2 aromatic heterocycles. The Balaban J connectivity index is 0.00000370. The van der Waals surface area contributed by atoms with Gasteiger partial charge >= 0.3 is 5.82 Å². The molecule has 11 nitrogen and oxygen atoms in total. The van der Waals surface area contributed by atoms with E-state index < -0.39 is 16.6 Å². The number of benzene rings is 2. The highest BCUT2D eigenvalue weighted by Crippen LogP contribution is 2.38. The fourth-order valence-corrected chi connectivity index (χ4v) is 5.02. The highest BCUT2D eigenvalue weighted by atomic mass is 35.5. The van der Waals surface area contributed by atoms with E-state index in [1.54, 1.807) is 27.2 Å². The number of pyridine rings is 1. The number of hydrogen-bond donors (Lipinski definition) is 2. The summed E-state index contributed by atoms with van der Waals surface area (Å²) < 4.78 is 12.1. The molecule has 5 rings (SSSR count). The summed E-state index contributed by atoms with van der Waals surface area (Å²) in [5.74, 6) is 0.367. The quantitative estimate of drug-likeness (QED) is 0.189. The predicted molar refractivity (Wildman–Crippen MR) is 156 cm³/mol. The molecule has 40 heavy (non-hydrogen) atoms. The number of rotatable bonds is 8. The number of aromatic nitrogens is 3. The Bertz CT molecular complexity index is 1610. The maximum Gasteiger partial charge on any atom is 0.408 e.